The van der Waals surface area contributed by atoms with Crippen molar-refractivity contribution < 1.29 is 14.7 Å². The number of nitrogens with one attached hydrogen (secondary N) is 1. The Bertz CT molecular complexity index is 837. The molecule has 1 saturated heterocycles. The van der Waals surface area contributed by atoms with Gasteiger partial charge in [-0.1, -0.05) is 12.1 Å². The Hall–Kier alpha value is -3.09. The van der Waals surface area contributed by atoms with Gasteiger partial charge >= 0.3 is 11.8 Å². The maximum absolute atomic E-state index is 12.7. The number of rotatable bonds is 2. The van der Waals surface area contributed by atoms with E-state index in [-0.39, 0.29) is 11.8 Å². The Balaban J connectivity index is 1.77. The second kappa shape index (κ2) is 7.43. The summed E-state index contributed by atoms with van der Waals surface area (Å²) < 4.78 is 0. The van der Waals surface area contributed by atoms with Crippen LogP contribution in [0.4, 0.5) is 11.5 Å². The van der Waals surface area contributed by atoms with E-state index in [1.807, 2.05) is 6.07 Å². The van der Waals surface area contributed by atoms with Crippen molar-refractivity contribution >= 4 is 23.3 Å². The average molecular weight is 354 g/mol. The molecule has 26 heavy (non-hydrogen) atoms. The zero-order valence-electron chi connectivity index (χ0n) is 14.6. The van der Waals surface area contributed by atoms with Crippen LogP contribution in [0.1, 0.15) is 36.4 Å². The van der Waals surface area contributed by atoms with Crippen molar-refractivity contribution in [1.29, 1.82) is 0 Å². The van der Waals surface area contributed by atoms with Crippen LogP contribution in [-0.2, 0) is 9.59 Å². The zero-order chi connectivity index (χ0) is 18.7. The third kappa shape index (κ3) is 3.77. The number of hydrogen-bond acceptors (Lipinski definition) is 5. The molecule has 0 unspecified atom stereocenters. The number of carbonyl (C=O) groups excluding carboxylic acids is 2. The molecule has 7 nitrogen and oxygen atoms in total. The van der Waals surface area contributed by atoms with Gasteiger partial charge in [0.25, 0.3) is 0 Å². The molecular formula is C19H22N4O3. The minimum atomic E-state index is -0.706. The van der Waals surface area contributed by atoms with Gasteiger partial charge in [0, 0.05) is 6.54 Å². The largest absolute Gasteiger partial charge is 0.508 e. The topological polar surface area (TPSA) is 109 Å². The number of nitrogen functional groups attached to an aromatic ring is 1. The highest BCUT2D eigenvalue weighted by atomic mass is 16.3. The summed E-state index contributed by atoms with van der Waals surface area (Å²) in [4.78, 5) is 30.7. The summed E-state index contributed by atoms with van der Waals surface area (Å²) in [6.45, 7) is 2.29. The lowest BCUT2D eigenvalue weighted by atomic mass is 9.95. The summed E-state index contributed by atoms with van der Waals surface area (Å²) >= 11 is 0. The molecule has 0 bridgehead atoms. The molecule has 1 aliphatic heterocycles. The Kier molecular flexibility index (Phi) is 5.06. The first-order valence-corrected chi connectivity index (χ1v) is 8.58. The number of piperidine rings is 1. The summed E-state index contributed by atoms with van der Waals surface area (Å²) in [6, 6.07) is 8.28. The van der Waals surface area contributed by atoms with Crippen LogP contribution >= 0.6 is 0 Å². The summed E-state index contributed by atoms with van der Waals surface area (Å²) in [5.41, 5.74) is 7.66. The molecule has 0 radical (unpaired) electrons. The number of phenolic OH excluding ortho intramolecular Hbond substituents is 1. The molecule has 0 aliphatic carbocycles. The fourth-order valence-corrected chi connectivity index (χ4v) is 3.22. The third-order valence-corrected chi connectivity index (χ3v) is 4.59. The normalized spacial score (nSPS) is 17.0. The van der Waals surface area contributed by atoms with Crippen LogP contribution in [0.25, 0.3) is 0 Å². The van der Waals surface area contributed by atoms with Crippen LogP contribution in [0.2, 0.25) is 0 Å². The first kappa shape index (κ1) is 17.7. The van der Waals surface area contributed by atoms with E-state index in [9.17, 15) is 14.7 Å². The van der Waals surface area contributed by atoms with Crippen molar-refractivity contribution in [2.75, 3.05) is 17.6 Å². The number of nitrogens with two attached hydrogens (primary N) is 1. The molecule has 1 aromatic heterocycles. The predicted molar refractivity (Wildman–Crippen MR) is 98.4 cm³/mol. The van der Waals surface area contributed by atoms with E-state index in [1.165, 1.54) is 6.20 Å². The van der Waals surface area contributed by atoms with Gasteiger partial charge in [-0.2, -0.15) is 0 Å². The number of likely N-dealkylation sites (tertiary alicyclic amines) is 1. The average Bonchev–Trinajstić information content (AvgIpc) is 2.64. The fourth-order valence-electron chi connectivity index (χ4n) is 3.22. The fraction of sp³-hybridized carbons (Fsp3) is 0.316. The number of amides is 2. The van der Waals surface area contributed by atoms with Gasteiger partial charge in [-0.25, -0.2) is 4.98 Å². The SMILES string of the molecule is Cc1cc(NC(=O)C(=O)N2CCCC[C@H]2c2cccc(O)c2)cnc1N. The maximum Gasteiger partial charge on any atom is 0.313 e. The van der Waals surface area contributed by atoms with Gasteiger partial charge in [-0.15, -0.1) is 0 Å². The lowest BCUT2D eigenvalue weighted by Crippen LogP contribution is -2.44. The van der Waals surface area contributed by atoms with Crippen LogP contribution in [0.15, 0.2) is 36.5 Å². The molecule has 2 heterocycles. The number of hydrogen-bond donors (Lipinski definition) is 3. The van der Waals surface area contributed by atoms with Crippen molar-refractivity contribution in [1.82, 2.24) is 9.88 Å². The van der Waals surface area contributed by atoms with E-state index >= 15 is 0 Å². The first-order chi connectivity index (χ1) is 12.5. The van der Waals surface area contributed by atoms with Gasteiger partial charge in [0.15, 0.2) is 0 Å². The molecule has 7 heteroatoms. The standard InChI is InChI=1S/C19H22N4O3/c1-12-9-14(11-21-17(12)20)22-18(25)19(26)23-8-3-2-7-16(23)13-5-4-6-15(24)10-13/h4-6,9-11,16,24H,2-3,7-8H2,1H3,(H2,20,21)(H,22,25)/t16-/m0/s1. The molecule has 4 N–H and O–H groups in total. The van der Waals surface area contributed by atoms with Crippen molar-refractivity contribution in [3.8, 4) is 5.75 Å². The number of aryl methyl sites for hydroxylation is 1. The minimum Gasteiger partial charge on any atom is -0.508 e. The third-order valence-electron chi connectivity index (χ3n) is 4.59. The number of aromatic hydroxyl groups is 1. The predicted octanol–water partition coefficient (Wildman–Crippen LogP) is 2.37. The zero-order valence-corrected chi connectivity index (χ0v) is 14.6. The van der Waals surface area contributed by atoms with Crippen LogP contribution in [0.3, 0.4) is 0 Å². The van der Waals surface area contributed by atoms with Crippen molar-refractivity contribution in [3.05, 3.63) is 47.7 Å². The lowest BCUT2D eigenvalue weighted by molar-refractivity contribution is -0.145. The van der Waals surface area contributed by atoms with Crippen molar-refractivity contribution in [2.45, 2.75) is 32.2 Å². The highest BCUT2D eigenvalue weighted by Crippen LogP contribution is 2.32. The molecular weight excluding hydrogens is 332 g/mol. The van der Waals surface area contributed by atoms with E-state index in [2.05, 4.69) is 10.3 Å². The van der Waals surface area contributed by atoms with Gasteiger partial charge < -0.3 is 21.1 Å². The van der Waals surface area contributed by atoms with E-state index in [0.717, 1.165) is 30.4 Å². The molecule has 1 atom stereocenters. The second-order valence-electron chi connectivity index (χ2n) is 6.49. The minimum absolute atomic E-state index is 0.147. The number of pyridine rings is 1. The van der Waals surface area contributed by atoms with Crippen LogP contribution < -0.4 is 11.1 Å². The van der Waals surface area contributed by atoms with Gasteiger partial charge in [0.05, 0.1) is 17.9 Å². The van der Waals surface area contributed by atoms with Gasteiger partial charge in [-0.3, -0.25) is 9.59 Å². The summed E-state index contributed by atoms with van der Waals surface area (Å²) in [6.07, 6.45) is 3.99. The number of carbonyl (C=O) groups is 2. The van der Waals surface area contributed by atoms with Crippen LogP contribution in [0.5, 0.6) is 5.75 Å². The monoisotopic (exact) mass is 354 g/mol. The van der Waals surface area contributed by atoms with E-state index < -0.39 is 11.8 Å². The Morgan fingerprint density at radius 2 is 2.12 bits per heavy atom. The first-order valence-electron chi connectivity index (χ1n) is 8.58. The van der Waals surface area contributed by atoms with Gasteiger partial charge in [-0.05, 0) is 55.5 Å². The molecule has 0 saturated carbocycles. The summed E-state index contributed by atoms with van der Waals surface area (Å²) in [5.74, 6) is -0.766. The lowest BCUT2D eigenvalue weighted by Gasteiger charge is -2.35. The van der Waals surface area contributed by atoms with Gasteiger partial charge in [0.1, 0.15) is 11.6 Å². The molecule has 1 fully saturated rings. The summed E-state index contributed by atoms with van der Waals surface area (Å²) in [5, 5.41) is 12.3. The molecule has 136 valence electrons. The van der Waals surface area contributed by atoms with E-state index in [1.54, 1.807) is 36.1 Å². The Morgan fingerprint density at radius 1 is 1.31 bits per heavy atom. The van der Waals surface area contributed by atoms with Crippen molar-refractivity contribution in [3.63, 3.8) is 0 Å². The van der Waals surface area contributed by atoms with Crippen LogP contribution in [-0.4, -0.2) is 33.3 Å². The smallest absolute Gasteiger partial charge is 0.313 e. The van der Waals surface area contributed by atoms with Crippen LogP contribution in [0, 0.1) is 6.92 Å². The number of anilines is 2. The second-order valence-corrected chi connectivity index (χ2v) is 6.49. The number of nitrogens with zero attached hydrogens (tertiary/aromatic N) is 2. The molecule has 1 aliphatic rings. The number of phenols is 1. The maximum atomic E-state index is 12.7. The Morgan fingerprint density at radius 3 is 2.85 bits per heavy atom. The van der Waals surface area contributed by atoms with E-state index in [4.69, 9.17) is 5.73 Å². The number of aromatic nitrogens is 1. The van der Waals surface area contributed by atoms with E-state index in [0.29, 0.717) is 18.1 Å². The molecule has 2 aromatic rings. The summed E-state index contributed by atoms with van der Waals surface area (Å²) in [7, 11) is 0. The molecule has 2 amide bonds. The number of benzene rings is 1. The Labute approximate surface area is 151 Å². The van der Waals surface area contributed by atoms with Gasteiger partial charge in [0.2, 0.25) is 0 Å². The molecule has 3 rings (SSSR count). The highest BCUT2D eigenvalue weighted by Gasteiger charge is 2.32. The molecule has 0 spiro atoms. The quantitative estimate of drug-likeness (QED) is 0.718. The van der Waals surface area contributed by atoms with Crippen molar-refractivity contribution in [2.24, 2.45) is 0 Å². The molecule has 1 aromatic carbocycles. The highest BCUT2D eigenvalue weighted by molar-refractivity contribution is 6.39.